The van der Waals surface area contributed by atoms with Crippen molar-refractivity contribution in [3.05, 3.63) is 39.8 Å². The highest BCUT2D eigenvalue weighted by molar-refractivity contribution is 14.0. The molecular weight excluding hydrogens is 513 g/mol. The number of rotatable bonds is 10. The Morgan fingerprint density at radius 3 is 2.69 bits per heavy atom. The number of benzene rings is 1. The normalized spacial score (nSPS) is 11.2. The first-order valence-corrected chi connectivity index (χ1v) is 9.94. The molecule has 1 heterocycles. The molecule has 0 saturated carbocycles. The second-order valence-corrected chi connectivity index (χ2v) is 7.00. The predicted molar refractivity (Wildman–Crippen MR) is 123 cm³/mol. The van der Waals surface area contributed by atoms with Crippen LogP contribution in [0.3, 0.4) is 0 Å². The topological polar surface area (TPSA) is 67.8 Å². The summed E-state index contributed by atoms with van der Waals surface area (Å²) in [7, 11) is 1.52. The number of nitrogens with one attached hydrogen (secondary N) is 2. The van der Waals surface area contributed by atoms with E-state index in [0.29, 0.717) is 30.4 Å². The summed E-state index contributed by atoms with van der Waals surface area (Å²) in [6.07, 6.45) is 3.68. The van der Waals surface area contributed by atoms with Crippen molar-refractivity contribution in [2.75, 3.05) is 20.2 Å². The highest BCUT2D eigenvalue weighted by atomic mass is 127. The number of hydrogen-bond donors (Lipinski definition) is 2. The van der Waals surface area contributed by atoms with E-state index in [1.807, 2.05) is 13.1 Å². The summed E-state index contributed by atoms with van der Waals surface area (Å²) in [6, 6.07) is 4.68. The number of methoxy groups -OCH3 is 1. The Hall–Kier alpha value is -1.69. The molecule has 0 saturated heterocycles. The van der Waals surface area contributed by atoms with Gasteiger partial charge in [-0.25, -0.2) is 9.98 Å². The summed E-state index contributed by atoms with van der Waals surface area (Å²) in [5.74, 6) is 1.24. The Labute approximate surface area is 191 Å². The molecule has 0 amide bonds. The maximum Gasteiger partial charge on any atom is 0.387 e. The highest BCUT2D eigenvalue weighted by Gasteiger charge is 2.11. The average Bonchev–Trinajstić information content (AvgIpc) is 3.14. The molecule has 2 N–H and O–H groups in total. The lowest BCUT2D eigenvalue weighted by Gasteiger charge is -2.13. The average molecular weight is 540 g/mol. The maximum atomic E-state index is 12.6. The first kappa shape index (κ1) is 25.3. The van der Waals surface area contributed by atoms with E-state index in [2.05, 4.69) is 32.3 Å². The molecule has 0 bridgehead atoms. The van der Waals surface area contributed by atoms with Gasteiger partial charge in [0.25, 0.3) is 0 Å². The second-order valence-electron chi connectivity index (χ2n) is 5.80. The van der Waals surface area contributed by atoms with E-state index in [1.54, 1.807) is 23.5 Å². The van der Waals surface area contributed by atoms with Crippen LogP contribution in [0.1, 0.15) is 29.3 Å². The smallest absolute Gasteiger partial charge is 0.387 e. The van der Waals surface area contributed by atoms with Gasteiger partial charge in [0.2, 0.25) is 0 Å². The fourth-order valence-electron chi connectivity index (χ4n) is 2.44. The van der Waals surface area contributed by atoms with Crippen molar-refractivity contribution in [2.45, 2.75) is 39.8 Å². The summed E-state index contributed by atoms with van der Waals surface area (Å²) < 4.78 is 35.0. The Kier molecular flexibility index (Phi) is 11.8. The number of guanidine groups is 1. The highest BCUT2D eigenvalue weighted by Crippen LogP contribution is 2.26. The molecule has 1 aromatic carbocycles. The number of nitrogens with zero attached hydrogens (tertiary/aromatic N) is 2. The lowest BCUT2D eigenvalue weighted by molar-refractivity contribution is -0.0504. The molecule has 1 aromatic heterocycles. The lowest BCUT2D eigenvalue weighted by atomic mass is 10.2. The molecular formula is C19H27F2IN4O2S. The molecule has 0 atom stereocenters. The van der Waals surface area contributed by atoms with Gasteiger partial charge in [0, 0.05) is 36.1 Å². The maximum absolute atomic E-state index is 12.6. The van der Waals surface area contributed by atoms with E-state index >= 15 is 0 Å². The molecule has 162 valence electrons. The Bertz CT molecular complexity index is 774. The van der Waals surface area contributed by atoms with Gasteiger partial charge in [-0.05, 0) is 31.5 Å². The fraction of sp³-hybridized carbons (Fsp3) is 0.474. The van der Waals surface area contributed by atoms with Crippen LogP contribution in [0.4, 0.5) is 8.78 Å². The third-order valence-electron chi connectivity index (χ3n) is 3.82. The van der Waals surface area contributed by atoms with Crippen molar-refractivity contribution in [3.63, 3.8) is 0 Å². The van der Waals surface area contributed by atoms with Crippen molar-refractivity contribution in [3.8, 4) is 11.5 Å². The third-order valence-corrected chi connectivity index (χ3v) is 5.02. The van der Waals surface area contributed by atoms with Gasteiger partial charge in [-0.1, -0.05) is 6.92 Å². The number of halogens is 3. The van der Waals surface area contributed by atoms with Gasteiger partial charge >= 0.3 is 6.61 Å². The number of aryl methyl sites for hydroxylation is 1. The number of thiazole rings is 1. The minimum absolute atomic E-state index is 0. The van der Waals surface area contributed by atoms with E-state index in [0.717, 1.165) is 17.8 Å². The van der Waals surface area contributed by atoms with Crippen LogP contribution < -0.4 is 20.1 Å². The van der Waals surface area contributed by atoms with E-state index in [9.17, 15) is 8.78 Å². The van der Waals surface area contributed by atoms with Crippen LogP contribution >= 0.6 is 35.3 Å². The second kappa shape index (κ2) is 13.5. The Balaban J connectivity index is 0.00000420. The van der Waals surface area contributed by atoms with Crippen molar-refractivity contribution in [2.24, 2.45) is 4.99 Å². The molecule has 29 heavy (non-hydrogen) atoms. The van der Waals surface area contributed by atoms with E-state index in [-0.39, 0.29) is 36.3 Å². The van der Waals surface area contributed by atoms with Crippen molar-refractivity contribution < 1.29 is 18.3 Å². The number of ether oxygens (including phenoxy) is 2. The zero-order valence-electron chi connectivity index (χ0n) is 16.7. The van der Waals surface area contributed by atoms with Gasteiger partial charge in [-0.3, -0.25) is 0 Å². The molecule has 0 aliphatic heterocycles. The molecule has 2 aromatic rings. The lowest BCUT2D eigenvalue weighted by Crippen LogP contribution is -2.38. The van der Waals surface area contributed by atoms with Gasteiger partial charge in [-0.15, -0.1) is 35.3 Å². The molecule has 0 fully saturated rings. The standard InChI is InChI=1S/C19H26F2N4O2S.HI/c1-4-15-12-24-17(28-15)8-9-23-19(22-5-2)25-11-13-10-14(26-3)6-7-16(13)27-18(20)21;/h6-7,10,12,18H,4-5,8-9,11H2,1-3H3,(H2,22,23,25);1H. The van der Waals surface area contributed by atoms with Crippen LogP contribution in [0.25, 0.3) is 0 Å². The number of aliphatic imine (C=N–C) groups is 1. The molecule has 6 nitrogen and oxygen atoms in total. The van der Waals surface area contributed by atoms with Gasteiger partial charge in [0.05, 0.1) is 18.7 Å². The zero-order chi connectivity index (χ0) is 20.4. The summed E-state index contributed by atoms with van der Waals surface area (Å²) >= 11 is 1.71. The van der Waals surface area contributed by atoms with E-state index in [4.69, 9.17) is 4.74 Å². The first-order chi connectivity index (χ1) is 13.5. The quantitative estimate of drug-likeness (QED) is 0.268. The monoisotopic (exact) mass is 540 g/mol. The fourth-order valence-corrected chi connectivity index (χ4v) is 3.30. The Morgan fingerprint density at radius 2 is 2.07 bits per heavy atom. The largest absolute Gasteiger partial charge is 0.497 e. The SMILES string of the molecule is CCNC(=NCc1cc(OC)ccc1OC(F)F)NCCc1ncc(CC)s1.I. The van der Waals surface area contributed by atoms with Crippen molar-refractivity contribution in [1.29, 1.82) is 0 Å². The van der Waals surface area contributed by atoms with Gasteiger partial charge in [-0.2, -0.15) is 8.78 Å². The molecule has 10 heteroatoms. The summed E-state index contributed by atoms with van der Waals surface area (Å²) in [5, 5.41) is 7.46. The van der Waals surface area contributed by atoms with Crippen LogP contribution in [0.5, 0.6) is 11.5 Å². The van der Waals surface area contributed by atoms with Gasteiger partial charge in [0.15, 0.2) is 5.96 Å². The third kappa shape index (κ3) is 8.69. The molecule has 0 unspecified atom stereocenters. The molecule has 2 rings (SSSR count). The van der Waals surface area contributed by atoms with Crippen LogP contribution in [0, 0.1) is 0 Å². The predicted octanol–water partition coefficient (Wildman–Crippen LogP) is 4.23. The molecule has 0 aliphatic carbocycles. The molecule has 0 aliphatic rings. The van der Waals surface area contributed by atoms with Gasteiger partial charge in [0.1, 0.15) is 11.5 Å². The summed E-state index contributed by atoms with van der Waals surface area (Å²) in [6.45, 7) is 2.70. The van der Waals surface area contributed by atoms with Crippen LogP contribution in [-0.2, 0) is 19.4 Å². The van der Waals surface area contributed by atoms with Crippen molar-refractivity contribution in [1.82, 2.24) is 15.6 Å². The Morgan fingerprint density at radius 1 is 1.28 bits per heavy atom. The number of hydrogen-bond acceptors (Lipinski definition) is 5. The molecule has 0 radical (unpaired) electrons. The van der Waals surface area contributed by atoms with Crippen LogP contribution in [-0.4, -0.2) is 37.8 Å². The minimum Gasteiger partial charge on any atom is -0.497 e. The number of aromatic nitrogens is 1. The number of alkyl halides is 2. The minimum atomic E-state index is -2.89. The summed E-state index contributed by atoms with van der Waals surface area (Å²) in [5.41, 5.74) is 0.518. The first-order valence-electron chi connectivity index (χ1n) is 9.13. The van der Waals surface area contributed by atoms with Crippen molar-refractivity contribution >= 4 is 41.3 Å². The molecule has 0 spiro atoms. The zero-order valence-corrected chi connectivity index (χ0v) is 19.9. The van der Waals surface area contributed by atoms with E-state index in [1.165, 1.54) is 18.1 Å². The van der Waals surface area contributed by atoms with Crippen LogP contribution in [0.15, 0.2) is 29.4 Å². The van der Waals surface area contributed by atoms with E-state index < -0.39 is 6.61 Å². The summed E-state index contributed by atoms with van der Waals surface area (Å²) in [4.78, 5) is 10.1. The van der Waals surface area contributed by atoms with Crippen LogP contribution in [0.2, 0.25) is 0 Å². The van der Waals surface area contributed by atoms with Gasteiger partial charge < -0.3 is 20.1 Å².